The number of nitrogens with zero attached hydrogens (tertiary/aromatic N) is 3. The Morgan fingerprint density at radius 3 is 2.87 bits per heavy atom. The van der Waals surface area contributed by atoms with E-state index in [1.807, 2.05) is 18.2 Å². The molecule has 0 aliphatic carbocycles. The van der Waals surface area contributed by atoms with Gasteiger partial charge in [-0.25, -0.2) is 0 Å². The van der Waals surface area contributed by atoms with Crippen LogP contribution in [0.25, 0.3) is 11.5 Å². The Morgan fingerprint density at radius 1 is 1.09 bits per heavy atom. The molecule has 2 aliphatic heterocycles. The van der Waals surface area contributed by atoms with Crippen LogP contribution >= 0.6 is 11.8 Å². The molecule has 4 rings (SSSR count). The van der Waals surface area contributed by atoms with Crippen LogP contribution in [-0.4, -0.2) is 60.5 Å². The van der Waals surface area contributed by atoms with Gasteiger partial charge in [-0.05, 0) is 18.2 Å². The standard InChI is InChI=1S/C15H17N3O4S/c1-2-12-13(21-10-20-12)9-11(1)14-16-17-15(22-14)23-8-5-18-3-6-19-7-4-18/h1-2,9H,3-8,10H2. The van der Waals surface area contributed by atoms with Crippen LogP contribution in [0.3, 0.4) is 0 Å². The van der Waals surface area contributed by atoms with Crippen molar-refractivity contribution >= 4 is 11.8 Å². The number of hydrogen-bond acceptors (Lipinski definition) is 8. The lowest BCUT2D eigenvalue weighted by Crippen LogP contribution is -2.37. The van der Waals surface area contributed by atoms with E-state index < -0.39 is 0 Å². The zero-order chi connectivity index (χ0) is 15.5. The number of morpholine rings is 1. The molecule has 0 N–H and O–H groups in total. The maximum atomic E-state index is 5.72. The van der Waals surface area contributed by atoms with Crippen LogP contribution in [0, 0.1) is 0 Å². The van der Waals surface area contributed by atoms with Crippen LogP contribution in [0.5, 0.6) is 11.5 Å². The number of hydrogen-bond donors (Lipinski definition) is 0. The highest BCUT2D eigenvalue weighted by atomic mass is 32.2. The van der Waals surface area contributed by atoms with E-state index in [1.54, 1.807) is 11.8 Å². The Morgan fingerprint density at radius 2 is 1.96 bits per heavy atom. The van der Waals surface area contributed by atoms with Crippen molar-refractivity contribution in [2.24, 2.45) is 0 Å². The normalized spacial score (nSPS) is 17.6. The Bertz CT molecular complexity index is 672. The van der Waals surface area contributed by atoms with Gasteiger partial charge in [-0.15, -0.1) is 10.2 Å². The molecule has 0 spiro atoms. The van der Waals surface area contributed by atoms with Gasteiger partial charge in [0.15, 0.2) is 11.5 Å². The van der Waals surface area contributed by atoms with E-state index in [1.165, 1.54) is 0 Å². The summed E-state index contributed by atoms with van der Waals surface area (Å²) in [6, 6.07) is 5.61. The average Bonchev–Trinajstić information content (AvgIpc) is 3.24. The minimum Gasteiger partial charge on any atom is -0.454 e. The Hall–Kier alpha value is -1.77. The lowest BCUT2D eigenvalue weighted by Gasteiger charge is -2.25. The van der Waals surface area contributed by atoms with Gasteiger partial charge in [0.1, 0.15) is 0 Å². The second-order valence-electron chi connectivity index (χ2n) is 5.24. The number of thioether (sulfide) groups is 1. The highest BCUT2D eigenvalue weighted by Gasteiger charge is 2.17. The van der Waals surface area contributed by atoms with Gasteiger partial charge < -0.3 is 18.6 Å². The van der Waals surface area contributed by atoms with Gasteiger partial charge in [0.05, 0.1) is 13.2 Å². The first-order valence-electron chi connectivity index (χ1n) is 7.55. The van der Waals surface area contributed by atoms with Gasteiger partial charge in [-0.3, -0.25) is 4.90 Å². The van der Waals surface area contributed by atoms with Gasteiger partial charge in [0.2, 0.25) is 12.7 Å². The lowest BCUT2D eigenvalue weighted by atomic mass is 10.2. The van der Waals surface area contributed by atoms with Gasteiger partial charge in [-0.2, -0.15) is 0 Å². The van der Waals surface area contributed by atoms with Gasteiger partial charge in [0, 0.05) is 31.0 Å². The fraction of sp³-hybridized carbons (Fsp3) is 0.467. The monoisotopic (exact) mass is 335 g/mol. The first kappa shape index (κ1) is 14.8. The molecule has 1 aromatic heterocycles. The molecule has 0 unspecified atom stereocenters. The van der Waals surface area contributed by atoms with E-state index in [0.29, 0.717) is 16.9 Å². The van der Waals surface area contributed by atoms with E-state index in [2.05, 4.69) is 15.1 Å². The molecule has 0 amide bonds. The van der Waals surface area contributed by atoms with E-state index in [-0.39, 0.29) is 6.79 Å². The number of rotatable bonds is 5. The quantitative estimate of drug-likeness (QED) is 0.767. The second-order valence-corrected chi connectivity index (χ2v) is 6.29. The SMILES string of the molecule is c1cc2c(cc1-c1nnc(SCCN3CCOCC3)o1)OCO2. The number of benzene rings is 1. The molecule has 1 fully saturated rings. The summed E-state index contributed by atoms with van der Waals surface area (Å²) in [7, 11) is 0. The van der Waals surface area contributed by atoms with Crippen LogP contribution in [0.4, 0.5) is 0 Å². The lowest BCUT2D eigenvalue weighted by molar-refractivity contribution is 0.0410. The highest BCUT2D eigenvalue weighted by Crippen LogP contribution is 2.35. The molecule has 23 heavy (non-hydrogen) atoms. The molecule has 1 saturated heterocycles. The van der Waals surface area contributed by atoms with Crippen LogP contribution in [0.1, 0.15) is 0 Å². The summed E-state index contributed by atoms with van der Waals surface area (Å²) in [4.78, 5) is 2.38. The molecule has 3 heterocycles. The summed E-state index contributed by atoms with van der Waals surface area (Å²) in [5.41, 5.74) is 0.835. The van der Waals surface area contributed by atoms with E-state index in [0.717, 1.165) is 49.9 Å². The van der Waals surface area contributed by atoms with Crippen molar-refractivity contribution in [3.63, 3.8) is 0 Å². The largest absolute Gasteiger partial charge is 0.454 e. The molecule has 8 heteroatoms. The second kappa shape index (κ2) is 6.77. The van der Waals surface area contributed by atoms with Crippen LogP contribution in [0.2, 0.25) is 0 Å². The van der Waals surface area contributed by atoms with Crippen LogP contribution in [0.15, 0.2) is 27.8 Å². The first-order valence-corrected chi connectivity index (χ1v) is 8.53. The van der Waals surface area contributed by atoms with Crippen molar-refractivity contribution in [3.05, 3.63) is 18.2 Å². The molecule has 0 saturated carbocycles. The predicted octanol–water partition coefficient (Wildman–Crippen LogP) is 1.89. The maximum absolute atomic E-state index is 5.72. The van der Waals surface area contributed by atoms with Crippen molar-refractivity contribution in [1.29, 1.82) is 0 Å². The zero-order valence-electron chi connectivity index (χ0n) is 12.6. The fourth-order valence-corrected chi connectivity index (χ4v) is 3.26. The molecule has 0 atom stereocenters. The van der Waals surface area contributed by atoms with E-state index >= 15 is 0 Å². The molecule has 2 aromatic rings. The highest BCUT2D eigenvalue weighted by molar-refractivity contribution is 7.99. The van der Waals surface area contributed by atoms with Crippen molar-refractivity contribution < 1.29 is 18.6 Å². The number of aromatic nitrogens is 2. The molecule has 0 radical (unpaired) electrons. The molecule has 2 aliphatic rings. The van der Waals surface area contributed by atoms with Crippen LogP contribution in [-0.2, 0) is 4.74 Å². The van der Waals surface area contributed by atoms with E-state index in [4.69, 9.17) is 18.6 Å². The summed E-state index contributed by atoms with van der Waals surface area (Å²) in [6.07, 6.45) is 0. The molecule has 0 bridgehead atoms. The molecular weight excluding hydrogens is 318 g/mol. The van der Waals surface area contributed by atoms with Gasteiger partial charge >= 0.3 is 0 Å². The third kappa shape index (κ3) is 3.44. The zero-order valence-corrected chi connectivity index (χ0v) is 13.4. The predicted molar refractivity (Wildman–Crippen MR) is 83.8 cm³/mol. The summed E-state index contributed by atoms with van der Waals surface area (Å²) in [5.74, 6) is 2.87. The smallest absolute Gasteiger partial charge is 0.276 e. The van der Waals surface area contributed by atoms with Gasteiger partial charge in [0.25, 0.3) is 5.22 Å². The van der Waals surface area contributed by atoms with Crippen molar-refractivity contribution in [2.75, 3.05) is 45.4 Å². The topological polar surface area (TPSA) is 69.9 Å². The van der Waals surface area contributed by atoms with Crippen molar-refractivity contribution in [1.82, 2.24) is 15.1 Å². The Labute approximate surface area is 137 Å². The van der Waals surface area contributed by atoms with Crippen molar-refractivity contribution in [2.45, 2.75) is 5.22 Å². The molecule has 7 nitrogen and oxygen atoms in total. The van der Waals surface area contributed by atoms with Gasteiger partial charge in [-0.1, -0.05) is 11.8 Å². The summed E-state index contributed by atoms with van der Waals surface area (Å²) in [6.45, 7) is 4.87. The Balaban J connectivity index is 1.35. The third-order valence-corrected chi connectivity index (χ3v) is 4.56. The number of fused-ring (bicyclic) bond motifs is 1. The van der Waals surface area contributed by atoms with E-state index in [9.17, 15) is 0 Å². The minimum atomic E-state index is 0.255. The first-order chi connectivity index (χ1) is 11.4. The Kier molecular flexibility index (Phi) is 4.36. The summed E-state index contributed by atoms with van der Waals surface area (Å²) >= 11 is 1.58. The fourth-order valence-electron chi connectivity index (χ4n) is 2.50. The molecule has 122 valence electrons. The van der Waals surface area contributed by atoms with Crippen molar-refractivity contribution in [3.8, 4) is 23.0 Å². The average molecular weight is 335 g/mol. The maximum Gasteiger partial charge on any atom is 0.276 e. The summed E-state index contributed by atoms with van der Waals surface area (Å²) in [5, 5.41) is 8.80. The number of ether oxygens (including phenoxy) is 3. The molecule has 1 aromatic carbocycles. The summed E-state index contributed by atoms with van der Waals surface area (Å²) < 4.78 is 21.7. The minimum absolute atomic E-state index is 0.255. The third-order valence-electron chi connectivity index (χ3n) is 3.76. The molecular formula is C15H17N3O4S. The van der Waals surface area contributed by atoms with Crippen LogP contribution < -0.4 is 9.47 Å².